The van der Waals surface area contributed by atoms with E-state index in [0.717, 1.165) is 40.6 Å². The van der Waals surface area contributed by atoms with Gasteiger partial charge in [0.25, 0.3) is 0 Å². The molecule has 5 rings (SSSR count). The molecule has 1 aromatic heterocycles. The molecule has 2 aromatic carbocycles. The number of fused-ring (bicyclic) bond motifs is 3. The van der Waals surface area contributed by atoms with E-state index >= 15 is 0 Å². The van der Waals surface area contributed by atoms with Crippen molar-refractivity contribution in [3.8, 4) is 0 Å². The highest BCUT2D eigenvalue weighted by Crippen LogP contribution is 2.42. The summed E-state index contributed by atoms with van der Waals surface area (Å²) in [6.07, 6.45) is 6.76. The van der Waals surface area contributed by atoms with Crippen LogP contribution in [0.1, 0.15) is 86.7 Å². The number of aromatic amines is 1. The molecule has 2 heterocycles. The third kappa shape index (κ3) is 4.49. The number of methoxy groups -OCH3 is 1. The van der Waals surface area contributed by atoms with Gasteiger partial charge in [-0.1, -0.05) is 75.6 Å². The van der Waals surface area contributed by atoms with Crippen molar-refractivity contribution in [2.45, 2.75) is 76.8 Å². The first-order chi connectivity index (χ1) is 17.0. The number of nitrogens with zero attached hydrogens (tertiary/aromatic N) is 1. The van der Waals surface area contributed by atoms with E-state index in [4.69, 9.17) is 4.74 Å². The van der Waals surface area contributed by atoms with Gasteiger partial charge in [-0.3, -0.25) is 4.79 Å². The van der Waals surface area contributed by atoms with Gasteiger partial charge < -0.3 is 14.6 Å². The summed E-state index contributed by atoms with van der Waals surface area (Å²) in [5.41, 5.74) is 5.43. The summed E-state index contributed by atoms with van der Waals surface area (Å²) in [6, 6.07) is 15.7. The van der Waals surface area contributed by atoms with Gasteiger partial charge in [-0.25, -0.2) is 4.79 Å². The lowest BCUT2D eigenvalue weighted by atomic mass is 9.84. The minimum Gasteiger partial charge on any atom is -0.467 e. The van der Waals surface area contributed by atoms with Crippen molar-refractivity contribution < 1.29 is 14.3 Å². The average Bonchev–Trinajstić information content (AvgIpc) is 3.26. The van der Waals surface area contributed by atoms with Gasteiger partial charge in [0, 0.05) is 29.4 Å². The van der Waals surface area contributed by atoms with Crippen LogP contribution in [0.2, 0.25) is 0 Å². The van der Waals surface area contributed by atoms with Gasteiger partial charge in [0.1, 0.15) is 6.04 Å². The molecule has 3 aromatic rings. The molecule has 1 amide bonds. The quantitative estimate of drug-likeness (QED) is 0.445. The number of carbonyl (C=O) groups is 2. The third-order valence-corrected chi connectivity index (χ3v) is 8.00. The second-order valence-electron chi connectivity index (χ2n) is 10.5. The number of benzene rings is 2. The summed E-state index contributed by atoms with van der Waals surface area (Å²) >= 11 is 0. The molecule has 0 bridgehead atoms. The Labute approximate surface area is 207 Å². The Kier molecular flexibility index (Phi) is 6.68. The van der Waals surface area contributed by atoms with E-state index in [2.05, 4.69) is 55.2 Å². The van der Waals surface area contributed by atoms with Gasteiger partial charge in [-0.15, -0.1) is 0 Å². The maximum atomic E-state index is 14.0. The van der Waals surface area contributed by atoms with Crippen LogP contribution >= 0.6 is 0 Å². The number of para-hydroxylation sites is 1. The average molecular weight is 473 g/mol. The highest BCUT2D eigenvalue weighted by Gasteiger charge is 2.44. The van der Waals surface area contributed by atoms with Gasteiger partial charge in [0.15, 0.2) is 0 Å². The Hall–Kier alpha value is -3.08. The number of nitrogens with one attached hydrogen (secondary N) is 1. The monoisotopic (exact) mass is 472 g/mol. The maximum absolute atomic E-state index is 14.0. The molecule has 2 atom stereocenters. The van der Waals surface area contributed by atoms with Crippen LogP contribution in [0.5, 0.6) is 0 Å². The number of esters is 1. The highest BCUT2D eigenvalue weighted by molar-refractivity contribution is 5.91. The van der Waals surface area contributed by atoms with Crippen LogP contribution in [0.4, 0.5) is 0 Å². The van der Waals surface area contributed by atoms with Crippen LogP contribution in [0.15, 0.2) is 48.5 Å². The molecule has 1 fully saturated rings. The zero-order valence-electron chi connectivity index (χ0n) is 21.0. The summed E-state index contributed by atoms with van der Waals surface area (Å²) in [5.74, 6) is 0.518. The molecule has 5 heteroatoms. The Morgan fingerprint density at radius 3 is 2.43 bits per heavy atom. The second-order valence-corrected chi connectivity index (χ2v) is 10.5. The third-order valence-electron chi connectivity index (χ3n) is 8.00. The van der Waals surface area contributed by atoms with Gasteiger partial charge in [-0.2, -0.15) is 0 Å². The number of aromatic nitrogens is 1. The fourth-order valence-electron chi connectivity index (χ4n) is 6.07. The summed E-state index contributed by atoms with van der Waals surface area (Å²) in [7, 11) is 1.42. The van der Waals surface area contributed by atoms with Crippen molar-refractivity contribution in [1.82, 2.24) is 9.88 Å². The molecule has 0 unspecified atom stereocenters. The highest BCUT2D eigenvalue weighted by atomic mass is 16.5. The fourth-order valence-corrected chi connectivity index (χ4v) is 6.07. The molecule has 0 spiro atoms. The number of hydrogen-bond acceptors (Lipinski definition) is 3. The topological polar surface area (TPSA) is 62.4 Å². The molecule has 0 saturated heterocycles. The van der Waals surface area contributed by atoms with E-state index < -0.39 is 6.04 Å². The molecular formula is C30H36N2O3. The lowest BCUT2D eigenvalue weighted by Gasteiger charge is -2.41. The van der Waals surface area contributed by atoms with E-state index in [9.17, 15) is 9.59 Å². The maximum Gasteiger partial charge on any atom is 0.328 e. The van der Waals surface area contributed by atoms with E-state index in [-0.39, 0.29) is 17.9 Å². The van der Waals surface area contributed by atoms with Gasteiger partial charge in [-0.05, 0) is 47.4 Å². The van der Waals surface area contributed by atoms with Crippen LogP contribution in [-0.4, -0.2) is 34.9 Å². The molecular weight excluding hydrogens is 436 g/mol. The van der Waals surface area contributed by atoms with Crippen LogP contribution < -0.4 is 0 Å². The molecule has 0 radical (unpaired) electrons. The number of H-pyrrole nitrogens is 1. The molecule has 1 saturated carbocycles. The van der Waals surface area contributed by atoms with E-state index in [1.807, 2.05) is 17.0 Å². The van der Waals surface area contributed by atoms with Crippen molar-refractivity contribution >= 4 is 22.8 Å². The number of rotatable bonds is 5. The second kappa shape index (κ2) is 9.88. The van der Waals surface area contributed by atoms with Crippen molar-refractivity contribution in [2.24, 2.45) is 5.92 Å². The normalized spacial score (nSPS) is 20.7. The molecule has 35 heavy (non-hydrogen) atoms. The largest absolute Gasteiger partial charge is 0.467 e. The minimum absolute atomic E-state index is 0.0505. The van der Waals surface area contributed by atoms with Crippen molar-refractivity contribution in [2.75, 3.05) is 7.11 Å². The molecule has 5 nitrogen and oxygen atoms in total. The summed E-state index contributed by atoms with van der Waals surface area (Å²) in [5, 5.41) is 1.11. The predicted molar refractivity (Wildman–Crippen MR) is 138 cm³/mol. The van der Waals surface area contributed by atoms with Crippen LogP contribution in [-0.2, 0) is 20.7 Å². The van der Waals surface area contributed by atoms with Crippen LogP contribution in [0.3, 0.4) is 0 Å². The molecule has 1 aliphatic carbocycles. The Morgan fingerprint density at radius 2 is 1.74 bits per heavy atom. The van der Waals surface area contributed by atoms with Crippen molar-refractivity contribution in [1.29, 1.82) is 0 Å². The lowest BCUT2D eigenvalue weighted by Crippen LogP contribution is -2.52. The number of ether oxygens (including phenoxy) is 1. The van der Waals surface area contributed by atoms with Crippen molar-refractivity contribution in [3.63, 3.8) is 0 Å². The van der Waals surface area contributed by atoms with Gasteiger partial charge in [0.2, 0.25) is 5.91 Å². The minimum atomic E-state index is -0.641. The van der Waals surface area contributed by atoms with E-state index in [1.165, 1.54) is 31.9 Å². The first-order valence-corrected chi connectivity index (χ1v) is 13.1. The standard InChI is InChI=1S/C30H36N2O3/c1-19(2)21-13-15-22(16-14-21)29-28-24(23-11-7-8-12-25(23)31-28)18-26(30(34)35-3)32(29)27(33)17-20-9-5-4-6-10-20/h7-8,11-16,19-20,26,29,31H,4-6,9-10,17-18H2,1-3H3/t26-,29-/m1/s1. The first-order valence-electron chi connectivity index (χ1n) is 13.1. The molecule has 2 aliphatic rings. The zero-order chi connectivity index (χ0) is 24.5. The van der Waals surface area contributed by atoms with Crippen LogP contribution in [0, 0.1) is 5.92 Å². The van der Waals surface area contributed by atoms with Gasteiger partial charge in [0.05, 0.1) is 13.2 Å². The number of amides is 1. The van der Waals surface area contributed by atoms with Crippen LogP contribution in [0.25, 0.3) is 10.9 Å². The Bertz CT molecular complexity index is 1200. The van der Waals surface area contributed by atoms with E-state index in [0.29, 0.717) is 24.7 Å². The summed E-state index contributed by atoms with van der Waals surface area (Å²) < 4.78 is 5.26. The fraction of sp³-hybridized carbons (Fsp3) is 0.467. The van der Waals surface area contributed by atoms with Gasteiger partial charge >= 0.3 is 5.97 Å². The molecule has 1 aliphatic heterocycles. The number of carbonyl (C=O) groups excluding carboxylic acids is 2. The first kappa shape index (κ1) is 23.7. The van der Waals surface area contributed by atoms with E-state index in [1.54, 1.807) is 0 Å². The lowest BCUT2D eigenvalue weighted by molar-refractivity contribution is -0.155. The Morgan fingerprint density at radius 1 is 1.03 bits per heavy atom. The predicted octanol–water partition coefficient (Wildman–Crippen LogP) is 6.28. The number of hydrogen-bond donors (Lipinski definition) is 1. The molecule has 184 valence electrons. The zero-order valence-corrected chi connectivity index (χ0v) is 21.0. The molecule has 1 N–H and O–H groups in total. The Balaban J connectivity index is 1.63. The summed E-state index contributed by atoms with van der Waals surface area (Å²) in [4.78, 5) is 32.6. The van der Waals surface area contributed by atoms with Crippen molar-refractivity contribution in [3.05, 3.63) is 70.9 Å². The summed E-state index contributed by atoms with van der Waals surface area (Å²) in [6.45, 7) is 4.36. The SMILES string of the molecule is COC(=O)[C@H]1Cc2c([nH]c3ccccc23)[C@@H](c2ccc(C(C)C)cc2)N1C(=O)CC1CCCCC1. The smallest absolute Gasteiger partial charge is 0.328 e.